The van der Waals surface area contributed by atoms with Gasteiger partial charge in [-0.3, -0.25) is 4.98 Å². The van der Waals surface area contributed by atoms with Crippen LogP contribution in [-0.4, -0.2) is 18.1 Å². The zero-order chi connectivity index (χ0) is 23.8. The van der Waals surface area contributed by atoms with Crippen LogP contribution in [0.2, 0.25) is 0 Å². The maximum Gasteiger partial charge on any atom is 1.00 e. The minimum Gasteiger partial charge on any atom is -0.550 e. The molecule has 2 aliphatic rings. The molecule has 0 saturated heterocycles. The van der Waals surface area contributed by atoms with Crippen molar-refractivity contribution in [1.82, 2.24) is 4.98 Å². The van der Waals surface area contributed by atoms with Crippen LogP contribution in [0, 0.1) is 17.7 Å². The van der Waals surface area contributed by atoms with Gasteiger partial charge >= 0.3 is 29.6 Å². The standard InChI is InChI=1S/C28H28FNO4.Na/c1-16(28(31)32)27(18-4-5-18)19-6-3-17-8-12-25(34-26(17)13-19)20-7-11-24(30-15-20)22-14-21(33-2)9-10-23(22)29;/h3,6-7,9-11,13-16,18,25,27H,4-5,8,12H2,1-2H3,(H,31,32);/q;+1/p-1/t16-,25?,27-;/m0./s1. The van der Waals surface area contributed by atoms with E-state index in [0.29, 0.717) is 22.9 Å². The van der Waals surface area contributed by atoms with E-state index in [0.717, 1.165) is 48.1 Å². The van der Waals surface area contributed by atoms with Gasteiger partial charge in [0.2, 0.25) is 0 Å². The van der Waals surface area contributed by atoms with Crippen LogP contribution < -0.4 is 44.1 Å². The quantitative estimate of drug-likeness (QED) is 0.480. The van der Waals surface area contributed by atoms with Gasteiger partial charge in [-0.1, -0.05) is 25.1 Å². The summed E-state index contributed by atoms with van der Waals surface area (Å²) in [4.78, 5) is 16.1. The normalized spacial score (nSPS) is 18.4. The molecule has 1 aliphatic carbocycles. The molecule has 5 nitrogen and oxygen atoms in total. The summed E-state index contributed by atoms with van der Waals surface area (Å²) in [6.07, 6.45) is 5.33. The Balaban J connectivity index is 0.00000289. The predicted molar refractivity (Wildman–Crippen MR) is 124 cm³/mol. The number of carboxylic acids is 1. The number of benzene rings is 2. The average Bonchev–Trinajstić information content (AvgIpc) is 3.69. The monoisotopic (exact) mass is 483 g/mol. The number of fused-ring (bicyclic) bond motifs is 1. The second-order valence-electron chi connectivity index (χ2n) is 9.31. The van der Waals surface area contributed by atoms with E-state index in [1.165, 1.54) is 6.07 Å². The molecule has 176 valence electrons. The number of carbonyl (C=O) groups excluding carboxylic acids is 1. The fourth-order valence-electron chi connectivity index (χ4n) is 4.98. The molecular weight excluding hydrogens is 456 g/mol. The van der Waals surface area contributed by atoms with E-state index in [1.807, 2.05) is 18.2 Å². The zero-order valence-corrected chi connectivity index (χ0v) is 22.3. The molecule has 3 aromatic rings. The van der Waals surface area contributed by atoms with Gasteiger partial charge in [-0.2, -0.15) is 0 Å². The number of hydrogen-bond donors (Lipinski definition) is 0. The van der Waals surface area contributed by atoms with Crippen molar-refractivity contribution in [1.29, 1.82) is 0 Å². The number of pyridine rings is 1. The molecular formula is C28H27FNNaO4. The van der Waals surface area contributed by atoms with E-state index < -0.39 is 11.9 Å². The van der Waals surface area contributed by atoms with E-state index >= 15 is 0 Å². The van der Waals surface area contributed by atoms with E-state index in [1.54, 1.807) is 38.4 Å². The molecule has 1 unspecified atom stereocenters. The molecule has 0 N–H and O–H groups in total. The van der Waals surface area contributed by atoms with Gasteiger partial charge in [-0.25, -0.2) is 4.39 Å². The number of rotatable bonds is 7. The number of carbonyl (C=O) groups is 1. The number of aliphatic carboxylic acids is 1. The van der Waals surface area contributed by atoms with Crippen molar-refractivity contribution < 1.29 is 53.3 Å². The molecule has 7 heteroatoms. The van der Waals surface area contributed by atoms with Crippen LogP contribution in [-0.2, 0) is 11.2 Å². The zero-order valence-electron chi connectivity index (χ0n) is 20.3. The molecule has 0 spiro atoms. The number of carboxylic acid groups (broad SMARTS) is 1. The molecule has 3 atom stereocenters. The summed E-state index contributed by atoms with van der Waals surface area (Å²) >= 11 is 0. The van der Waals surface area contributed by atoms with Gasteiger partial charge in [0, 0.05) is 29.2 Å². The van der Waals surface area contributed by atoms with Gasteiger partial charge in [-0.15, -0.1) is 0 Å². The van der Waals surface area contributed by atoms with Crippen LogP contribution in [0.5, 0.6) is 11.5 Å². The molecule has 0 amide bonds. The van der Waals surface area contributed by atoms with Crippen molar-refractivity contribution in [2.45, 2.75) is 44.6 Å². The molecule has 2 aromatic carbocycles. The number of hydrogen-bond acceptors (Lipinski definition) is 5. The summed E-state index contributed by atoms with van der Waals surface area (Å²) in [5.74, 6) is -0.203. The summed E-state index contributed by atoms with van der Waals surface area (Å²) in [5, 5.41) is 11.6. The number of methoxy groups -OCH3 is 1. The Kier molecular flexibility index (Phi) is 7.84. The minimum absolute atomic E-state index is 0. The summed E-state index contributed by atoms with van der Waals surface area (Å²) in [7, 11) is 1.54. The van der Waals surface area contributed by atoms with Crippen molar-refractivity contribution in [3.63, 3.8) is 0 Å². The van der Waals surface area contributed by atoms with Crippen molar-refractivity contribution in [3.8, 4) is 22.8 Å². The van der Waals surface area contributed by atoms with E-state index in [4.69, 9.17) is 9.47 Å². The third kappa shape index (κ3) is 5.40. The topological polar surface area (TPSA) is 71.5 Å². The Labute approximate surface area is 227 Å². The van der Waals surface area contributed by atoms with Crippen molar-refractivity contribution in [2.75, 3.05) is 7.11 Å². The Morgan fingerprint density at radius 2 is 1.94 bits per heavy atom. The maximum atomic E-state index is 14.3. The molecule has 1 fully saturated rings. The predicted octanol–water partition coefficient (Wildman–Crippen LogP) is 1.85. The first-order chi connectivity index (χ1) is 16.4. The third-order valence-corrected chi connectivity index (χ3v) is 7.07. The van der Waals surface area contributed by atoms with Crippen LogP contribution >= 0.6 is 0 Å². The summed E-state index contributed by atoms with van der Waals surface area (Å²) in [6.45, 7) is 1.74. The Morgan fingerprint density at radius 3 is 2.60 bits per heavy atom. The van der Waals surface area contributed by atoms with Gasteiger partial charge in [0.05, 0.1) is 12.8 Å². The number of nitrogens with zero attached hydrogens (tertiary/aromatic N) is 1. The summed E-state index contributed by atoms with van der Waals surface area (Å²) in [5.41, 5.74) is 3.96. The minimum atomic E-state index is -1.01. The van der Waals surface area contributed by atoms with Crippen molar-refractivity contribution in [2.24, 2.45) is 11.8 Å². The molecule has 35 heavy (non-hydrogen) atoms. The second kappa shape index (κ2) is 10.7. The molecule has 1 aromatic heterocycles. The van der Waals surface area contributed by atoms with Gasteiger partial charge in [-0.05, 0) is 79.0 Å². The van der Waals surface area contributed by atoms with E-state index in [9.17, 15) is 14.3 Å². The van der Waals surface area contributed by atoms with Crippen LogP contribution in [0.15, 0.2) is 54.7 Å². The summed E-state index contributed by atoms with van der Waals surface area (Å²) in [6, 6.07) is 14.4. The SMILES string of the molecule is COc1ccc(F)c(-c2ccc(C3CCc4ccc([C@H](C5CC5)[C@H](C)C(=O)[O-])cc4O3)cn2)c1.[Na+]. The van der Waals surface area contributed by atoms with E-state index in [-0.39, 0.29) is 47.4 Å². The van der Waals surface area contributed by atoms with Gasteiger partial charge in [0.1, 0.15) is 23.4 Å². The number of halogens is 1. The molecule has 5 rings (SSSR count). The molecule has 1 aliphatic heterocycles. The number of ether oxygens (including phenoxy) is 2. The first-order valence-electron chi connectivity index (χ1n) is 11.7. The summed E-state index contributed by atoms with van der Waals surface area (Å²) < 4.78 is 25.9. The largest absolute Gasteiger partial charge is 1.00 e. The van der Waals surface area contributed by atoms with Crippen molar-refractivity contribution in [3.05, 3.63) is 77.2 Å². The second-order valence-corrected chi connectivity index (χ2v) is 9.31. The fraction of sp³-hybridized carbons (Fsp3) is 0.357. The van der Waals surface area contributed by atoms with Gasteiger partial charge in [0.25, 0.3) is 0 Å². The van der Waals surface area contributed by atoms with Gasteiger partial charge in [0.15, 0.2) is 0 Å². The Bertz CT molecular complexity index is 1210. The molecule has 1 saturated carbocycles. The fourth-order valence-corrected chi connectivity index (χ4v) is 4.98. The van der Waals surface area contributed by atoms with Crippen LogP contribution in [0.25, 0.3) is 11.3 Å². The smallest absolute Gasteiger partial charge is 0.550 e. The van der Waals surface area contributed by atoms with Crippen LogP contribution in [0.1, 0.15) is 54.9 Å². The van der Waals surface area contributed by atoms with Crippen LogP contribution in [0.4, 0.5) is 4.39 Å². The van der Waals surface area contributed by atoms with Gasteiger partial charge < -0.3 is 19.4 Å². The molecule has 0 radical (unpaired) electrons. The molecule has 2 heterocycles. The van der Waals surface area contributed by atoms with Crippen LogP contribution in [0.3, 0.4) is 0 Å². The Hall–Kier alpha value is -2.41. The maximum absolute atomic E-state index is 14.3. The van der Waals surface area contributed by atoms with E-state index in [2.05, 4.69) is 11.1 Å². The Morgan fingerprint density at radius 1 is 1.14 bits per heavy atom. The first-order valence-corrected chi connectivity index (χ1v) is 11.7. The first kappa shape index (κ1) is 25.7. The average molecular weight is 484 g/mol. The van der Waals surface area contributed by atoms with Crippen molar-refractivity contribution >= 4 is 5.97 Å². The third-order valence-electron chi connectivity index (χ3n) is 7.07. The number of aromatic nitrogens is 1. The number of aryl methyl sites for hydroxylation is 1. The molecule has 0 bridgehead atoms.